The number of aromatic nitrogens is 2. The molecule has 2 rings (SSSR count). The van der Waals surface area contributed by atoms with Gasteiger partial charge in [0.15, 0.2) is 5.96 Å². The van der Waals surface area contributed by atoms with Gasteiger partial charge in [-0.2, -0.15) is 5.10 Å². The van der Waals surface area contributed by atoms with Crippen molar-refractivity contribution in [3.8, 4) is 0 Å². The van der Waals surface area contributed by atoms with Gasteiger partial charge in [-0.25, -0.2) is 4.39 Å². The SMILES string of the molecule is CCNC(=NCCCN(C)c1ccccc1F)NCCCn1cccn1.I. The molecule has 0 unspecified atom stereocenters. The van der Waals surface area contributed by atoms with Crippen molar-refractivity contribution in [2.24, 2.45) is 4.99 Å². The molecule has 2 aromatic rings. The van der Waals surface area contributed by atoms with Gasteiger partial charge in [0.2, 0.25) is 0 Å². The summed E-state index contributed by atoms with van der Waals surface area (Å²) in [4.78, 5) is 6.51. The second-order valence-corrected chi connectivity index (χ2v) is 6.04. The summed E-state index contributed by atoms with van der Waals surface area (Å²) in [6.07, 6.45) is 5.58. The fourth-order valence-electron chi connectivity index (χ4n) is 2.60. The second-order valence-electron chi connectivity index (χ2n) is 6.04. The maximum absolute atomic E-state index is 13.8. The Bertz CT molecular complexity index is 662. The smallest absolute Gasteiger partial charge is 0.191 e. The predicted octanol–water partition coefficient (Wildman–Crippen LogP) is 3.11. The number of aliphatic imine (C=N–C) groups is 1. The minimum atomic E-state index is -0.189. The van der Waals surface area contributed by atoms with Gasteiger partial charge in [-0.05, 0) is 38.0 Å². The Morgan fingerprint density at radius 1 is 1.22 bits per heavy atom. The molecule has 2 N–H and O–H groups in total. The van der Waals surface area contributed by atoms with Crippen molar-refractivity contribution in [3.63, 3.8) is 0 Å². The minimum Gasteiger partial charge on any atom is -0.372 e. The van der Waals surface area contributed by atoms with Crippen molar-refractivity contribution >= 4 is 35.6 Å². The standard InChI is InChI=1S/C19H29FN6.HI/c1-3-21-19(23-12-7-15-26-16-8-13-24-26)22-11-6-14-25(2)18-10-5-4-9-17(18)20;/h4-5,8-10,13,16H,3,6-7,11-12,14-15H2,1-2H3,(H2,21,22,23);1H. The Morgan fingerprint density at radius 2 is 2.04 bits per heavy atom. The fourth-order valence-corrected chi connectivity index (χ4v) is 2.60. The number of aryl methyl sites for hydroxylation is 1. The lowest BCUT2D eigenvalue weighted by atomic mass is 10.2. The average molecular weight is 488 g/mol. The molecule has 0 bridgehead atoms. The second kappa shape index (κ2) is 13.3. The third-order valence-corrected chi connectivity index (χ3v) is 3.95. The van der Waals surface area contributed by atoms with Crippen molar-refractivity contribution in [1.29, 1.82) is 0 Å². The number of para-hydroxylation sites is 1. The van der Waals surface area contributed by atoms with Crippen LogP contribution in [0.2, 0.25) is 0 Å². The molecule has 0 aliphatic rings. The lowest BCUT2D eigenvalue weighted by molar-refractivity contribution is 0.570. The molecule has 0 saturated carbocycles. The molecule has 0 aliphatic carbocycles. The minimum absolute atomic E-state index is 0. The topological polar surface area (TPSA) is 57.5 Å². The Morgan fingerprint density at radius 3 is 2.74 bits per heavy atom. The van der Waals surface area contributed by atoms with Crippen LogP contribution in [0.3, 0.4) is 0 Å². The summed E-state index contributed by atoms with van der Waals surface area (Å²) in [5.74, 6) is 0.632. The Balaban J connectivity index is 0.00000364. The zero-order valence-corrected chi connectivity index (χ0v) is 18.4. The zero-order valence-electron chi connectivity index (χ0n) is 16.1. The lowest BCUT2D eigenvalue weighted by Crippen LogP contribution is -2.38. The van der Waals surface area contributed by atoms with Crippen LogP contribution in [0.25, 0.3) is 0 Å². The number of guanidine groups is 1. The molecular weight excluding hydrogens is 458 g/mol. The third-order valence-electron chi connectivity index (χ3n) is 3.95. The number of benzene rings is 1. The molecule has 6 nitrogen and oxygen atoms in total. The van der Waals surface area contributed by atoms with Crippen LogP contribution in [0.5, 0.6) is 0 Å². The molecular formula is C19H30FIN6. The van der Waals surface area contributed by atoms with E-state index < -0.39 is 0 Å². The summed E-state index contributed by atoms with van der Waals surface area (Å²) >= 11 is 0. The van der Waals surface area contributed by atoms with Crippen LogP contribution in [-0.4, -0.2) is 49.0 Å². The first-order chi connectivity index (χ1) is 12.7. The maximum Gasteiger partial charge on any atom is 0.191 e. The molecule has 0 radical (unpaired) electrons. The van der Waals surface area contributed by atoms with Crippen molar-refractivity contribution in [2.45, 2.75) is 26.3 Å². The van der Waals surface area contributed by atoms with E-state index in [-0.39, 0.29) is 29.8 Å². The lowest BCUT2D eigenvalue weighted by Gasteiger charge is -2.19. The van der Waals surface area contributed by atoms with Gasteiger partial charge < -0.3 is 15.5 Å². The van der Waals surface area contributed by atoms with Crippen LogP contribution in [0, 0.1) is 5.82 Å². The molecule has 8 heteroatoms. The Kier molecular flexibility index (Phi) is 11.5. The highest BCUT2D eigenvalue weighted by Gasteiger charge is 2.05. The summed E-state index contributed by atoms with van der Waals surface area (Å²) in [6.45, 7) is 6.02. The van der Waals surface area contributed by atoms with Crippen LogP contribution in [0.4, 0.5) is 10.1 Å². The fraction of sp³-hybridized carbons (Fsp3) is 0.474. The van der Waals surface area contributed by atoms with Crippen LogP contribution in [0.1, 0.15) is 19.8 Å². The molecule has 0 atom stereocenters. The van der Waals surface area contributed by atoms with Gasteiger partial charge >= 0.3 is 0 Å². The van der Waals surface area contributed by atoms with Crippen LogP contribution in [-0.2, 0) is 6.54 Å². The van der Waals surface area contributed by atoms with Gasteiger partial charge in [-0.3, -0.25) is 9.67 Å². The van der Waals surface area contributed by atoms with Crippen molar-refractivity contribution < 1.29 is 4.39 Å². The van der Waals surface area contributed by atoms with Gasteiger partial charge in [-0.15, -0.1) is 24.0 Å². The molecule has 0 fully saturated rings. The highest BCUT2D eigenvalue weighted by Crippen LogP contribution is 2.16. The Labute approximate surface area is 178 Å². The molecule has 0 aliphatic heterocycles. The quantitative estimate of drug-likeness (QED) is 0.234. The van der Waals surface area contributed by atoms with E-state index in [0.29, 0.717) is 12.2 Å². The molecule has 0 spiro atoms. The predicted molar refractivity (Wildman–Crippen MR) is 121 cm³/mol. The summed E-state index contributed by atoms with van der Waals surface area (Å²) in [5, 5.41) is 10.8. The van der Waals surface area contributed by atoms with Gasteiger partial charge in [0.05, 0.1) is 5.69 Å². The van der Waals surface area contributed by atoms with E-state index in [1.807, 2.05) is 41.9 Å². The number of anilines is 1. The molecule has 0 amide bonds. The van der Waals surface area contributed by atoms with E-state index in [0.717, 1.165) is 45.0 Å². The van der Waals surface area contributed by atoms with Crippen LogP contribution < -0.4 is 15.5 Å². The van der Waals surface area contributed by atoms with E-state index in [4.69, 9.17) is 0 Å². The summed E-state index contributed by atoms with van der Waals surface area (Å²) in [7, 11) is 1.90. The van der Waals surface area contributed by atoms with Crippen LogP contribution >= 0.6 is 24.0 Å². The van der Waals surface area contributed by atoms with Gasteiger partial charge in [-0.1, -0.05) is 12.1 Å². The summed E-state index contributed by atoms with van der Waals surface area (Å²) in [6, 6.07) is 8.77. The zero-order chi connectivity index (χ0) is 18.6. The largest absolute Gasteiger partial charge is 0.372 e. The highest BCUT2D eigenvalue weighted by atomic mass is 127. The van der Waals surface area contributed by atoms with Gasteiger partial charge in [0.1, 0.15) is 5.82 Å². The van der Waals surface area contributed by atoms with Crippen molar-refractivity contribution in [3.05, 3.63) is 48.5 Å². The van der Waals surface area contributed by atoms with Gasteiger partial charge in [0, 0.05) is 52.2 Å². The van der Waals surface area contributed by atoms with E-state index in [1.165, 1.54) is 6.07 Å². The third kappa shape index (κ3) is 8.59. The first-order valence-corrected chi connectivity index (χ1v) is 9.16. The van der Waals surface area contributed by atoms with E-state index in [9.17, 15) is 4.39 Å². The van der Waals surface area contributed by atoms with E-state index in [2.05, 4.69) is 20.7 Å². The number of halogens is 2. The monoisotopic (exact) mass is 488 g/mol. The van der Waals surface area contributed by atoms with Crippen molar-refractivity contribution in [2.75, 3.05) is 38.1 Å². The number of hydrogen-bond acceptors (Lipinski definition) is 3. The highest BCUT2D eigenvalue weighted by molar-refractivity contribution is 14.0. The molecule has 0 saturated heterocycles. The number of nitrogens with zero attached hydrogens (tertiary/aromatic N) is 4. The molecule has 1 aromatic heterocycles. The molecule has 27 heavy (non-hydrogen) atoms. The number of rotatable bonds is 10. The van der Waals surface area contributed by atoms with Crippen molar-refractivity contribution in [1.82, 2.24) is 20.4 Å². The first-order valence-electron chi connectivity index (χ1n) is 9.16. The Hall–Kier alpha value is -1.84. The summed E-state index contributed by atoms with van der Waals surface area (Å²) < 4.78 is 15.7. The van der Waals surface area contributed by atoms with E-state index in [1.54, 1.807) is 18.3 Å². The normalized spacial score (nSPS) is 11.0. The van der Waals surface area contributed by atoms with E-state index >= 15 is 0 Å². The average Bonchev–Trinajstić information content (AvgIpc) is 3.16. The molecule has 150 valence electrons. The first kappa shape index (κ1) is 23.2. The molecule has 1 heterocycles. The maximum atomic E-state index is 13.8. The number of hydrogen-bond donors (Lipinski definition) is 2. The van der Waals surface area contributed by atoms with Crippen LogP contribution in [0.15, 0.2) is 47.7 Å². The molecule has 1 aromatic carbocycles. The summed E-state index contributed by atoms with van der Waals surface area (Å²) in [5.41, 5.74) is 0.625. The van der Waals surface area contributed by atoms with Gasteiger partial charge in [0.25, 0.3) is 0 Å². The number of nitrogens with one attached hydrogen (secondary N) is 2.